The molecule has 0 N–H and O–H groups in total. The molecule has 0 amide bonds. The molecule has 0 aliphatic rings. The lowest BCUT2D eigenvalue weighted by Crippen LogP contribution is -2.24. The molecule has 0 atom stereocenters. The van der Waals surface area contributed by atoms with Crippen molar-refractivity contribution in [1.82, 2.24) is 4.57 Å². The van der Waals surface area contributed by atoms with E-state index in [1.807, 2.05) is 0 Å². The fraction of sp³-hybridized carbons (Fsp3) is 0.0769. The van der Waals surface area contributed by atoms with E-state index in [4.69, 9.17) is 11.6 Å². The highest BCUT2D eigenvalue weighted by Gasteiger charge is 2.14. The second-order valence-corrected chi connectivity index (χ2v) is 4.14. The van der Waals surface area contributed by atoms with Gasteiger partial charge in [-0.1, -0.05) is 0 Å². The van der Waals surface area contributed by atoms with Crippen LogP contribution in [0.3, 0.4) is 0 Å². The van der Waals surface area contributed by atoms with Crippen LogP contribution in [0.1, 0.15) is 15.9 Å². The summed E-state index contributed by atoms with van der Waals surface area (Å²) in [7, 11) is 0. The predicted octanol–water partition coefficient (Wildman–Crippen LogP) is 2.66. The smallest absolute Gasteiger partial charge is 0.267 e. The van der Waals surface area contributed by atoms with Crippen LogP contribution in [0.15, 0.2) is 41.3 Å². The first-order chi connectivity index (χ1) is 8.50. The van der Waals surface area contributed by atoms with Crippen LogP contribution in [0, 0.1) is 12.7 Å². The highest BCUT2D eigenvalue weighted by molar-refractivity contribution is 6.67. The van der Waals surface area contributed by atoms with Gasteiger partial charge in [0, 0.05) is 11.9 Å². The molecule has 0 saturated heterocycles. The summed E-state index contributed by atoms with van der Waals surface area (Å²) >= 11 is 5.39. The fourth-order valence-electron chi connectivity index (χ4n) is 1.67. The Labute approximate surface area is 107 Å². The van der Waals surface area contributed by atoms with Gasteiger partial charge in [0.25, 0.3) is 10.8 Å². The minimum atomic E-state index is -0.797. The van der Waals surface area contributed by atoms with E-state index in [1.165, 1.54) is 35.0 Å². The zero-order valence-electron chi connectivity index (χ0n) is 9.48. The molecule has 1 aromatic heterocycles. The Hall–Kier alpha value is -1.94. The first-order valence-electron chi connectivity index (χ1n) is 5.19. The second kappa shape index (κ2) is 4.74. The number of nitrogens with zero attached hydrogens (tertiary/aromatic N) is 1. The fourth-order valence-corrected chi connectivity index (χ4v) is 1.90. The molecule has 0 unspecified atom stereocenters. The summed E-state index contributed by atoms with van der Waals surface area (Å²) < 4.78 is 14.1. The van der Waals surface area contributed by atoms with Gasteiger partial charge in [0.2, 0.25) is 0 Å². The van der Waals surface area contributed by atoms with Gasteiger partial charge in [-0.15, -0.1) is 0 Å². The lowest BCUT2D eigenvalue weighted by molar-refractivity contribution is 0.107. The minimum absolute atomic E-state index is 0.0662. The number of aryl methyl sites for hydroxylation is 1. The molecule has 0 saturated carbocycles. The average molecular weight is 266 g/mol. The first-order valence-corrected chi connectivity index (χ1v) is 5.56. The van der Waals surface area contributed by atoms with Crippen molar-refractivity contribution in [3.05, 3.63) is 63.8 Å². The average Bonchev–Trinajstić information content (AvgIpc) is 2.30. The molecule has 3 nitrogen and oxygen atoms in total. The summed E-state index contributed by atoms with van der Waals surface area (Å²) in [6.45, 7) is 1.63. The minimum Gasteiger partial charge on any atom is -0.284 e. The van der Waals surface area contributed by atoms with Crippen LogP contribution < -0.4 is 5.56 Å². The highest BCUT2D eigenvalue weighted by Crippen LogP contribution is 2.10. The number of rotatable bonds is 2. The Bertz CT molecular complexity index is 662. The number of pyridine rings is 1. The van der Waals surface area contributed by atoms with E-state index in [0.29, 0.717) is 11.3 Å². The van der Waals surface area contributed by atoms with Crippen molar-refractivity contribution in [1.29, 1.82) is 0 Å². The first kappa shape index (κ1) is 12.5. The molecule has 2 rings (SSSR count). The van der Waals surface area contributed by atoms with Crippen LogP contribution in [0.25, 0.3) is 5.69 Å². The van der Waals surface area contributed by atoms with Crippen molar-refractivity contribution in [3.63, 3.8) is 0 Å². The van der Waals surface area contributed by atoms with Gasteiger partial charge in [-0.2, -0.15) is 0 Å². The van der Waals surface area contributed by atoms with Crippen molar-refractivity contribution >= 4 is 16.8 Å². The lowest BCUT2D eigenvalue weighted by atomic mass is 10.1. The van der Waals surface area contributed by atoms with E-state index in [2.05, 4.69) is 0 Å². The summed E-state index contributed by atoms with van der Waals surface area (Å²) in [6, 6.07) is 7.00. The molecular weight excluding hydrogens is 257 g/mol. The molecule has 0 bridgehead atoms. The van der Waals surface area contributed by atoms with Crippen molar-refractivity contribution in [2.75, 3.05) is 0 Å². The van der Waals surface area contributed by atoms with E-state index in [9.17, 15) is 14.0 Å². The molecule has 0 aliphatic heterocycles. The Morgan fingerprint density at radius 3 is 2.39 bits per heavy atom. The van der Waals surface area contributed by atoms with E-state index in [0.717, 1.165) is 0 Å². The monoisotopic (exact) mass is 265 g/mol. The van der Waals surface area contributed by atoms with Crippen LogP contribution in [-0.2, 0) is 0 Å². The normalized spacial score (nSPS) is 10.4. The molecule has 0 spiro atoms. The van der Waals surface area contributed by atoms with Gasteiger partial charge in [0.05, 0.1) is 0 Å². The van der Waals surface area contributed by atoms with E-state index < -0.39 is 16.6 Å². The largest absolute Gasteiger partial charge is 0.284 e. The van der Waals surface area contributed by atoms with Crippen molar-refractivity contribution in [3.8, 4) is 5.69 Å². The predicted molar refractivity (Wildman–Crippen MR) is 66.9 cm³/mol. The molecule has 0 aliphatic carbocycles. The van der Waals surface area contributed by atoms with Gasteiger partial charge in [0.1, 0.15) is 11.4 Å². The Morgan fingerprint density at radius 1 is 1.22 bits per heavy atom. The number of benzene rings is 1. The van der Waals surface area contributed by atoms with Crippen molar-refractivity contribution < 1.29 is 9.18 Å². The van der Waals surface area contributed by atoms with Crippen LogP contribution in [0.4, 0.5) is 4.39 Å². The van der Waals surface area contributed by atoms with Gasteiger partial charge in [-0.05, 0) is 54.4 Å². The topological polar surface area (TPSA) is 39.1 Å². The number of carbonyl (C=O) groups excluding carboxylic acids is 1. The number of hydrogen-bond acceptors (Lipinski definition) is 2. The Balaban J connectivity index is 2.67. The van der Waals surface area contributed by atoms with Gasteiger partial charge in [-0.3, -0.25) is 14.2 Å². The summed E-state index contributed by atoms with van der Waals surface area (Å²) in [5.74, 6) is -0.396. The lowest BCUT2D eigenvalue weighted by Gasteiger charge is -2.08. The molecule has 1 heterocycles. The zero-order valence-corrected chi connectivity index (χ0v) is 10.2. The quantitative estimate of drug-likeness (QED) is 0.783. The number of halogens is 2. The molecular formula is C13H9ClFNO2. The molecule has 0 fully saturated rings. The highest BCUT2D eigenvalue weighted by atomic mass is 35.5. The molecule has 2 aromatic rings. The summed E-state index contributed by atoms with van der Waals surface area (Å²) in [5, 5.41) is -0.797. The second-order valence-electron chi connectivity index (χ2n) is 3.80. The van der Waals surface area contributed by atoms with Crippen LogP contribution >= 0.6 is 11.6 Å². The number of aromatic nitrogens is 1. The zero-order chi connectivity index (χ0) is 13.3. The van der Waals surface area contributed by atoms with Crippen LogP contribution in [0.5, 0.6) is 0 Å². The Morgan fingerprint density at radius 2 is 1.83 bits per heavy atom. The van der Waals surface area contributed by atoms with Gasteiger partial charge in [-0.25, -0.2) is 4.39 Å². The van der Waals surface area contributed by atoms with Crippen LogP contribution in [0.2, 0.25) is 0 Å². The number of hydrogen-bond donors (Lipinski definition) is 0. The Kier molecular flexibility index (Phi) is 3.30. The summed E-state index contributed by atoms with van der Waals surface area (Å²) in [5.41, 5.74) is 0.407. The molecule has 18 heavy (non-hydrogen) atoms. The molecule has 1 aromatic carbocycles. The third-order valence-electron chi connectivity index (χ3n) is 2.60. The van der Waals surface area contributed by atoms with Gasteiger partial charge >= 0.3 is 0 Å². The van der Waals surface area contributed by atoms with E-state index in [-0.39, 0.29) is 5.56 Å². The van der Waals surface area contributed by atoms with Gasteiger partial charge in [0.15, 0.2) is 0 Å². The van der Waals surface area contributed by atoms with E-state index in [1.54, 1.807) is 13.0 Å². The molecule has 0 radical (unpaired) electrons. The third kappa shape index (κ3) is 2.19. The maximum Gasteiger partial charge on any atom is 0.267 e. The molecule has 92 valence electrons. The van der Waals surface area contributed by atoms with Gasteiger partial charge < -0.3 is 0 Å². The standard InChI is InChI=1S/C13H9ClFNO2/c1-8-6-7-16(13(18)11(8)12(14)17)10-4-2-9(15)3-5-10/h2-7H,1H3. The summed E-state index contributed by atoms with van der Waals surface area (Å²) in [6.07, 6.45) is 1.52. The maximum absolute atomic E-state index is 12.8. The van der Waals surface area contributed by atoms with Crippen molar-refractivity contribution in [2.24, 2.45) is 0 Å². The van der Waals surface area contributed by atoms with Crippen LogP contribution in [-0.4, -0.2) is 9.81 Å². The molecule has 5 heteroatoms. The van der Waals surface area contributed by atoms with E-state index >= 15 is 0 Å². The summed E-state index contributed by atoms with van der Waals surface area (Å²) in [4.78, 5) is 23.3. The van der Waals surface area contributed by atoms with Crippen molar-refractivity contribution in [2.45, 2.75) is 6.92 Å². The maximum atomic E-state index is 12.8. The number of carbonyl (C=O) groups is 1. The third-order valence-corrected chi connectivity index (χ3v) is 2.79. The SMILES string of the molecule is Cc1ccn(-c2ccc(F)cc2)c(=O)c1C(=O)Cl.